The van der Waals surface area contributed by atoms with Crippen LogP contribution in [0.3, 0.4) is 0 Å². The molecule has 6 aromatic carbocycles. The van der Waals surface area contributed by atoms with E-state index in [4.69, 9.17) is 16.6 Å². The van der Waals surface area contributed by atoms with Crippen LogP contribution in [0.25, 0.3) is 43.6 Å². The number of hydrogen-bond acceptors (Lipinski definition) is 9. The van der Waals surface area contributed by atoms with Crippen molar-refractivity contribution in [3.8, 4) is 0 Å². The van der Waals surface area contributed by atoms with Gasteiger partial charge in [0.15, 0.2) is 34.0 Å². The highest BCUT2D eigenvalue weighted by Gasteiger charge is 2.36. The van der Waals surface area contributed by atoms with Crippen LogP contribution in [-0.4, -0.2) is 48.1 Å². The molecule has 0 amide bonds. The van der Waals surface area contributed by atoms with E-state index in [-0.39, 0.29) is 94.2 Å². The van der Waals surface area contributed by atoms with Crippen LogP contribution in [0.5, 0.6) is 0 Å². The number of H-pyrrole nitrogens is 4. The lowest BCUT2D eigenvalue weighted by Crippen LogP contribution is -2.28. The molecule has 0 atom stereocenters. The van der Waals surface area contributed by atoms with Gasteiger partial charge in [0.25, 0.3) is 0 Å². The minimum absolute atomic E-state index is 0.0250. The topological polar surface area (TPSA) is 203 Å². The van der Waals surface area contributed by atoms with Crippen molar-refractivity contribution >= 4 is 122 Å². The van der Waals surface area contributed by atoms with E-state index in [2.05, 4.69) is 61.8 Å². The molecule has 0 saturated carbocycles. The van der Waals surface area contributed by atoms with Gasteiger partial charge in [-0.25, -0.2) is 9.98 Å². The van der Waals surface area contributed by atoms with Gasteiger partial charge in [0.2, 0.25) is 16.5 Å². The first-order chi connectivity index (χ1) is 29.4. The number of aromatic amines is 4. The maximum atomic E-state index is 14.3. The Kier molecular flexibility index (Phi) is 8.10. The summed E-state index contributed by atoms with van der Waals surface area (Å²) in [4.78, 5) is 111. The van der Waals surface area contributed by atoms with E-state index in [0.29, 0.717) is 30.8 Å². The van der Waals surface area contributed by atoms with Gasteiger partial charge in [0.05, 0.1) is 44.7 Å². The zero-order chi connectivity index (χ0) is 42.0. The molecule has 13 nitrogen and oxygen atoms in total. The number of pyridine rings is 2. The lowest BCUT2D eigenvalue weighted by molar-refractivity contribution is 0.0980. The van der Waals surface area contributed by atoms with Crippen molar-refractivity contribution < 1.29 is 19.2 Å². The molecule has 11 rings (SSSR count). The standard InChI is InChI=1S/C45H20Br2ClN7O6/c46-17-9-11-27-23(13-17)37(56)25-15-29(31-33(35(25)49-27)41(60)21-7-3-1-5-19(21)39(31)58)51-44-53-43(48)54-45(55-44)52-30-16-26-36(50-28-12-10-18(47)14-24(28)38(26)57)34-32(30)40(59)20-6-2-4-8-22(20)42(34)61/h1-16H,(H,49,56)(H,50,57)(H2,51,52,53,54,55). The summed E-state index contributed by atoms with van der Waals surface area (Å²) >= 11 is 13.4. The van der Waals surface area contributed by atoms with E-state index in [1.54, 1.807) is 84.9 Å². The summed E-state index contributed by atoms with van der Waals surface area (Å²) in [6, 6.07) is 25.9. The predicted molar refractivity (Wildman–Crippen MR) is 235 cm³/mol. The third-order valence-corrected chi connectivity index (χ3v) is 12.1. The molecule has 61 heavy (non-hydrogen) atoms. The number of benzene rings is 6. The average molecular weight is 950 g/mol. The number of ketones is 4. The molecule has 2 aliphatic carbocycles. The second-order valence-electron chi connectivity index (χ2n) is 14.4. The van der Waals surface area contributed by atoms with Crippen molar-refractivity contribution in [2.24, 2.45) is 9.98 Å². The molecule has 9 aromatic rings. The minimum atomic E-state index is -0.503. The fraction of sp³-hybridized carbons (Fsp3) is 0. The second-order valence-corrected chi connectivity index (χ2v) is 16.6. The van der Waals surface area contributed by atoms with E-state index in [1.807, 2.05) is 0 Å². The van der Waals surface area contributed by atoms with E-state index in [1.165, 1.54) is 12.1 Å². The molecule has 0 unspecified atom stereocenters. The third kappa shape index (κ3) is 5.54. The van der Waals surface area contributed by atoms with Gasteiger partial charge in [0.1, 0.15) is 0 Å². The Bertz CT molecular complexity index is 3660. The van der Waals surface area contributed by atoms with Gasteiger partial charge in [0, 0.05) is 63.8 Å². The first kappa shape index (κ1) is 36.8. The first-order valence-corrected chi connectivity index (χ1v) is 20.4. The molecule has 0 aliphatic heterocycles. The van der Waals surface area contributed by atoms with Crippen LogP contribution in [0.15, 0.2) is 126 Å². The van der Waals surface area contributed by atoms with Crippen LogP contribution in [0.1, 0.15) is 63.7 Å². The number of fused-ring (bicyclic) bond motifs is 10. The van der Waals surface area contributed by atoms with Crippen molar-refractivity contribution in [1.29, 1.82) is 0 Å². The van der Waals surface area contributed by atoms with Crippen molar-refractivity contribution in [3.63, 3.8) is 0 Å². The highest BCUT2D eigenvalue weighted by Crippen LogP contribution is 2.39. The number of carbonyl (C=O) groups excluding carboxylic acids is 4. The zero-order valence-electron chi connectivity index (χ0n) is 30.7. The molecular weight excluding hydrogens is 930 g/mol. The van der Waals surface area contributed by atoms with Crippen LogP contribution in [0, 0.1) is 0 Å². The van der Waals surface area contributed by atoms with E-state index >= 15 is 0 Å². The summed E-state index contributed by atoms with van der Waals surface area (Å²) in [5.74, 6) is -1.96. The Hall–Kier alpha value is -7.20. The Morgan fingerprint density at radius 3 is 1.36 bits per heavy atom. The molecule has 3 aromatic heterocycles. The van der Waals surface area contributed by atoms with Gasteiger partial charge in [-0.1, -0.05) is 80.4 Å². The Morgan fingerprint density at radius 1 is 0.475 bits per heavy atom. The Labute approximate surface area is 361 Å². The quantitative estimate of drug-likeness (QED) is 0.126. The molecule has 0 saturated heterocycles. The molecular formula is C45H20Br2ClN7O6. The van der Waals surface area contributed by atoms with Crippen molar-refractivity contribution in [2.75, 3.05) is 0 Å². The summed E-state index contributed by atoms with van der Waals surface area (Å²) in [5.41, 5.74) is 0.526. The van der Waals surface area contributed by atoms with Gasteiger partial charge in [-0.05, 0) is 60.1 Å². The molecule has 4 N–H and O–H groups in total. The summed E-state index contributed by atoms with van der Waals surface area (Å²) in [5, 5.41) is 0.633. The SMILES string of the molecule is O=C1c2ccccc2C(=O)c2c1c(N=c1nc(Cl)[nH]c(=Nc3cc4c(=O)c5cc(Br)ccc5[nH]c4c4c3C(=O)c3ccccc3C4=O)[nH]1)cc1c(=O)c3cc(Br)ccc3[nH]c21. The smallest absolute Gasteiger partial charge is 0.232 e. The van der Waals surface area contributed by atoms with E-state index in [0.717, 1.165) is 0 Å². The monoisotopic (exact) mass is 947 g/mol. The molecule has 292 valence electrons. The normalized spacial score (nSPS) is 14.0. The van der Waals surface area contributed by atoms with Crippen LogP contribution < -0.4 is 22.1 Å². The van der Waals surface area contributed by atoms with Gasteiger partial charge >= 0.3 is 0 Å². The number of rotatable bonds is 2. The number of nitrogens with zero attached hydrogens (tertiary/aromatic N) is 3. The largest absolute Gasteiger partial charge is 0.354 e. The van der Waals surface area contributed by atoms with Crippen LogP contribution >= 0.6 is 43.5 Å². The van der Waals surface area contributed by atoms with Gasteiger partial charge in [-0.3, -0.25) is 33.8 Å². The first-order valence-electron chi connectivity index (χ1n) is 18.4. The maximum Gasteiger partial charge on any atom is 0.232 e. The fourth-order valence-electron chi connectivity index (χ4n) is 8.26. The van der Waals surface area contributed by atoms with Gasteiger partial charge < -0.3 is 15.0 Å². The number of halogens is 3. The Morgan fingerprint density at radius 2 is 0.902 bits per heavy atom. The average Bonchev–Trinajstić information content (AvgIpc) is 3.25. The summed E-state index contributed by atoms with van der Waals surface area (Å²) in [6.07, 6.45) is 0. The van der Waals surface area contributed by atoms with Crippen molar-refractivity contribution in [2.45, 2.75) is 0 Å². The van der Waals surface area contributed by atoms with Gasteiger partial charge in [-0.15, -0.1) is 0 Å². The molecule has 16 heteroatoms. The molecule has 0 fully saturated rings. The van der Waals surface area contributed by atoms with Crippen LogP contribution in [0.2, 0.25) is 5.28 Å². The molecule has 0 spiro atoms. The predicted octanol–water partition coefficient (Wildman–Crippen LogP) is 7.92. The minimum Gasteiger partial charge on any atom is -0.354 e. The molecule has 0 radical (unpaired) electrons. The lowest BCUT2D eigenvalue weighted by atomic mass is 9.81. The molecule has 2 aliphatic rings. The van der Waals surface area contributed by atoms with Crippen LogP contribution in [0.4, 0.5) is 11.4 Å². The second kappa shape index (κ2) is 13.4. The number of aromatic nitrogens is 5. The Balaban J connectivity index is 1.19. The molecule has 3 heterocycles. The fourth-order valence-corrected chi connectivity index (χ4v) is 9.15. The molecule has 0 bridgehead atoms. The van der Waals surface area contributed by atoms with Crippen molar-refractivity contribution in [3.05, 3.63) is 187 Å². The van der Waals surface area contributed by atoms with Gasteiger partial charge in [-0.2, -0.15) is 4.98 Å². The summed E-state index contributed by atoms with van der Waals surface area (Å²) in [6.45, 7) is 0. The lowest BCUT2D eigenvalue weighted by Gasteiger charge is -2.21. The number of hydrogen-bond donors (Lipinski definition) is 4. The summed E-state index contributed by atoms with van der Waals surface area (Å²) < 4.78 is 1.32. The van der Waals surface area contributed by atoms with Crippen molar-refractivity contribution in [1.82, 2.24) is 24.9 Å². The van der Waals surface area contributed by atoms with E-state index < -0.39 is 34.0 Å². The number of nitrogens with one attached hydrogen (secondary N) is 4. The van der Waals surface area contributed by atoms with E-state index in [9.17, 15) is 28.8 Å². The highest BCUT2D eigenvalue weighted by molar-refractivity contribution is 9.10. The zero-order valence-corrected chi connectivity index (χ0v) is 34.6. The summed E-state index contributed by atoms with van der Waals surface area (Å²) in [7, 11) is 0. The number of carbonyl (C=O) groups is 4. The maximum absolute atomic E-state index is 14.3. The van der Waals surface area contributed by atoms with Crippen LogP contribution in [-0.2, 0) is 0 Å². The third-order valence-electron chi connectivity index (χ3n) is 10.9. The highest BCUT2D eigenvalue weighted by atomic mass is 79.9.